The van der Waals surface area contributed by atoms with Gasteiger partial charge in [0.1, 0.15) is 0 Å². The minimum absolute atomic E-state index is 0.121. The van der Waals surface area contributed by atoms with Gasteiger partial charge in [0.2, 0.25) is 0 Å². The fourth-order valence-corrected chi connectivity index (χ4v) is 4.05. The third-order valence-corrected chi connectivity index (χ3v) is 5.95. The smallest absolute Gasteiger partial charge is 0.262 e. The van der Waals surface area contributed by atoms with Crippen molar-refractivity contribution < 1.29 is 12.9 Å². The van der Waals surface area contributed by atoms with Crippen LogP contribution in [0.1, 0.15) is 31.3 Å². The number of imidazole rings is 1. The molecule has 0 unspecified atom stereocenters. The molecular weight excluding hydrogens is 330 g/mol. The fraction of sp³-hybridized carbons (Fsp3) is 0.600. The number of aromatic nitrogens is 3. The Kier molecular flexibility index (Phi) is 4.75. The second kappa shape index (κ2) is 6.66. The van der Waals surface area contributed by atoms with Crippen molar-refractivity contribution in [2.24, 2.45) is 0 Å². The Balaban J connectivity index is 1.62. The first-order chi connectivity index (χ1) is 11.4. The van der Waals surface area contributed by atoms with Gasteiger partial charge in [-0.3, -0.25) is 4.90 Å². The lowest BCUT2D eigenvalue weighted by molar-refractivity contribution is 0.166. The summed E-state index contributed by atoms with van der Waals surface area (Å²) >= 11 is 0. The molecule has 1 aliphatic rings. The molecule has 0 atom stereocenters. The molecule has 0 amide bonds. The van der Waals surface area contributed by atoms with Gasteiger partial charge in [-0.05, 0) is 20.8 Å². The molecule has 3 rings (SSSR count). The summed E-state index contributed by atoms with van der Waals surface area (Å²) in [5, 5.41) is 3.99. The van der Waals surface area contributed by atoms with Crippen molar-refractivity contribution in [2.45, 2.75) is 38.4 Å². The van der Waals surface area contributed by atoms with E-state index in [-0.39, 0.29) is 11.1 Å². The van der Waals surface area contributed by atoms with Gasteiger partial charge >= 0.3 is 0 Å². The summed E-state index contributed by atoms with van der Waals surface area (Å²) in [5.41, 5.74) is 0.854. The highest BCUT2D eigenvalue weighted by Crippen LogP contribution is 2.18. The first kappa shape index (κ1) is 17.1. The Hall–Kier alpha value is -1.71. The van der Waals surface area contributed by atoms with Gasteiger partial charge in [-0.2, -0.15) is 4.31 Å². The molecule has 0 bridgehead atoms. The van der Waals surface area contributed by atoms with Gasteiger partial charge in [0.05, 0.1) is 18.6 Å². The predicted octanol–water partition coefficient (Wildman–Crippen LogP) is 1.27. The summed E-state index contributed by atoms with van der Waals surface area (Å²) in [6.45, 7) is 8.72. The van der Waals surface area contributed by atoms with Crippen LogP contribution in [0.25, 0.3) is 0 Å². The fourth-order valence-electron chi connectivity index (χ4n) is 2.70. The molecule has 0 aromatic carbocycles. The standard InChI is InChI=1S/C15H23N5O3S/c1-12(2)19-10-15(16-11-19)24(21,22)20-6-4-18(5-7-20)9-14-8-13(3)17-23-14/h8,10-12H,4-7,9H2,1-3H3. The second-order valence-corrected chi connectivity index (χ2v) is 8.25. The van der Waals surface area contributed by atoms with Crippen LogP contribution in [0.15, 0.2) is 28.1 Å². The highest BCUT2D eigenvalue weighted by Gasteiger charge is 2.30. The van der Waals surface area contributed by atoms with Gasteiger partial charge in [0.25, 0.3) is 10.0 Å². The molecule has 0 radical (unpaired) electrons. The van der Waals surface area contributed by atoms with E-state index in [2.05, 4.69) is 15.0 Å². The molecular formula is C15H23N5O3S. The lowest BCUT2D eigenvalue weighted by Crippen LogP contribution is -2.48. The molecule has 2 aromatic rings. The molecule has 1 aliphatic heterocycles. The van der Waals surface area contributed by atoms with Crippen LogP contribution in [-0.2, 0) is 16.6 Å². The Labute approximate surface area is 142 Å². The van der Waals surface area contributed by atoms with Crippen LogP contribution in [-0.4, -0.2) is 58.5 Å². The number of piperazine rings is 1. The van der Waals surface area contributed by atoms with Crippen molar-refractivity contribution in [3.8, 4) is 0 Å². The van der Waals surface area contributed by atoms with E-state index in [1.165, 1.54) is 4.31 Å². The lowest BCUT2D eigenvalue weighted by Gasteiger charge is -2.32. The second-order valence-electron chi connectivity index (χ2n) is 6.37. The molecule has 0 spiro atoms. The lowest BCUT2D eigenvalue weighted by atomic mass is 10.3. The third kappa shape index (κ3) is 3.52. The van der Waals surface area contributed by atoms with E-state index in [0.29, 0.717) is 32.7 Å². The predicted molar refractivity (Wildman–Crippen MR) is 87.9 cm³/mol. The SMILES string of the molecule is Cc1cc(CN2CCN(S(=O)(=O)c3cn(C(C)C)cn3)CC2)on1. The van der Waals surface area contributed by atoms with Crippen LogP contribution in [0.2, 0.25) is 0 Å². The first-order valence-corrected chi connectivity index (χ1v) is 9.48. The van der Waals surface area contributed by atoms with Gasteiger partial charge in [-0.1, -0.05) is 5.16 Å². The normalized spacial score (nSPS) is 17.7. The maximum absolute atomic E-state index is 12.7. The topological polar surface area (TPSA) is 84.5 Å². The first-order valence-electron chi connectivity index (χ1n) is 8.04. The molecule has 8 nitrogen and oxygen atoms in total. The Morgan fingerprint density at radius 2 is 1.96 bits per heavy atom. The molecule has 0 N–H and O–H groups in total. The summed E-state index contributed by atoms with van der Waals surface area (Å²) in [6.07, 6.45) is 3.17. The average molecular weight is 353 g/mol. The Morgan fingerprint density at radius 3 is 2.50 bits per heavy atom. The monoisotopic (exact) mass is 353 g/mol. The van der Waals surface area contributed by atoms with E-state index in [9.17, 15) is 8.42 Å². The largest absolute Gasteiger partial charge is 0.360 e. The molecule has 132 valence electrons. The molecule has 9 heteroatoms. The number of hydrogen-bond acceptors (Lipinski definition) is 6. The van der Waals surface area contributed by atoms with Crippen molar-refractivity contribution in [3.63, 3.8) is 0 Å². The quantitative estimate of drug-likeness (QED) is 0.805. The molecule has 24 heavy (non-hydrogen) atoms. The van der Waals surface area contributed by atoms with Gasteiger partial charge < -0.3 is 9.09 Å². The highest BCUT2D eigenvalue weighted by atomic mass is 32.2. The Bertz CT molecular complexity index is 788. The van der Waals surface area contributed by atoms with Crippen LogP contribution in [0, 0.1) is 6.92 Å². The van der Waals surface area contributed by atoms with Crippen LogP contribution >= 0.6 is 0 Å². The van der Waals surface area contributed by atoms with Crippen LogP contribution < -0.4 is 0 Å². The maximum Gasteiger partial charge on any atom is 0.262 e. The Morgan fingerprint density at radius 1 is 1.25 bits per heavy atom. The number of sulfonamides is 1. The molecule has 1 fully saturated rings. The summed E-state index contributed by atoms with van der Waals surface area (Å²) in [7, 11) is -3.53. The van der Waals surface area contributed by atoms with E-state index in [0.717, 1.165) is 11.5 Å². The van der Waals surface area contributed by atoms with Crippen molar-refractivity contribution in [3.05, 3.63) is 30.0 Å². The van der Waals surface area contributed by atoms with Gasteiger partial charge in [-0.25, -0.2) is 13.4 Å². The van der Waals surface area contributed by atoms with E-state index >= 15 is 0 Å². The summed E-state index contributed by atoms with van der Waals surface area (Å²) in [6, 6.07) is 2.09. The minimum atomic E-state index is -3.53. The van der Waals surface area contributed by atoms with Crippen molar-refractivity contribution in [1.29, 1.82) is 0 Å². The van der Waals surface area contributed by atoms with Crippen LogP contribution in [0.3, 0.4) is 0 Å². The number of hydrogen-bond donors (Lipinski definition) is 0. The number of rotatable bonds is 5. The molecule has 0 saturated carbocycles. The highest BCUT2D eigenvalue weighted by molar-refractivity contribution is 7.89. The average Bonchev–Trinajstić information content (AvgIpc) is 3.17. The van der Waals surface area contributed by atoms with Gasteiger partial charge in [0, 0.05) is 44.5 Å². The number of nitrogens with zero attached hydrogens (tertiary/aromatic N) is 5. The third-order valence-electron chi connectivity index (χ3n) is 4.17. The van der Waals surface area contributed by atoms with Crippen LogP contribution in [0.4, 0.5) is 0 Å². The van der Waals surface area contributed by atoms with Gasteiger partial charge in [0.15, 0.2) is 10.8 Å². The van der Waals surface area contributed by atoms with Crippen molar-refractivity contribution in [1.82, 2.24) is 23.9 Å². The van der Waals surface area contributed by atoms with E-state index < -0.39 is 10.0 Å². The summed E-state index contributed by atoms with van der Waals surface area (Å²) in [5.74, 6) is 0.805. The van der Waals surface area contributed by atoms with Crippen molar-refractivity contribution >= 4 is 10.0 Å². The minimum Gasteiger partial charge on any atom is -0.360 e. The maximum atomic E-state index is 12.7. The van der Waals surface area contributed by atoms with Crippen LogP contribution in [0.5, 0.6) is 0 Å². The van der Waals surface area contributed by atoms with E-state index in [4.69, 9.17) is 4.52 Å². The zero-order valence-corrected chi connectivity index (χ0v) is 15.0. The van der Waals surface area contributed by atoms with E-state index in [1.54, 1.807) is 17.1 Å². The van der Waals surface area contributed by atoms with Crippen molar-refractivity contribution in [2.75, 3.05) is 26.2 Å². The molecule has 2 aromatic heterocycles. The molecule has 3 heterocycles. The summed E-state index contributed by atoms with van der Waals surface area (Å²) < 4.78 is 33.9. The zero-order chi connectivity index (χ0) is 17.3. The molecule has 1 saturated heterocycles. The van der Waals surface area contributed by atoms with E-state index in [1.807, 2.05) is 26.8 Å². The molecule has 0 aliphatic carbocycles. The summed E-state index contributed by atoms with van der Waals surface area (Å²) in [4.78, 5) is 6.24. The van der Waals surface area contributed by atoms with Gasteiger partial charge in [-0.15, -0.1) is 0 Å². The zero-order valence-electron chi connectivity index (χ0n) is 14.2. The number of aryl methyl sites for hydroxylation is 1.